The maximum absolute atomic E-state index is 5.98. The van der Waals surface area contributed by atoms with Gasteiger partial charge in [0, 0.05) is 24.7 Å². The van der Waals surface area contributed by atoms with Crippen LogP contribution in [0.1, 0.15) is 40.5 Å². The Labute approximate surface area is 88.6 Å². The summed E-state index contributed by atoms with van der Waals surface area (Å²) in [6, 6.07) is 1.13. The Morgan fingerprint density at radius 1 is 1.14 bits per heavy atom. The van der Waals surface area contributed by atoms with Gasteiger partial charge in [-0.1, -0.05) is 20.3 Å². The SMILES string of the molecule is CCC(C)NC(C)C(CC)C(N)CN. The van der Waals surface area contributed by atoms with Crippen LogP contribution in [0.4, 0.5) is 0 Å². The summed E-state index contributed by atoms with van der Waals surface area (Å²) in [6.45, 7) is 9.35. The standard InChI is InChI=1S/C11H27N3/c1-5-8(3)14-9(4)10(6-2)11(13)7-12/h8-11,14H,5-7,12-13H2,1-4H3. The van der Waals surface area contributed by atoms with Crippen LogP contribution >= 0.6 is 0 Å². The van der Waals surface area contributed by atoms with E-state index in [0.717, 1.165) is 12.8 Å². The molecule has 0 aliphatic carbocycles. The Hall–Kier alpha value is -0.120. The fourth-order valence-corrected chi connectivity index (χ4v) is 1.89. The van der Waals surface area contributed by atoms with Crippen LogP contribution < -0.4 is 16.8 Å². The molecule has 0 aromatic carbocycles. The fourth-order valence-electron chi connectivity index (χ4n) is 1.89. The van der Waals surface area contributed by atoms with Crippen molar-refractivity contribution in [2.75, 3.05) is 6.54 Å². The molecule has 0 heterocycles. The molecule has 0 radical (unpaired) electrons. The Kier molecular flexibility index (Phi) is 7.15. The Morgan fingerprint density at radius 3 is 2.07 bits per heavy atom. The van der Waals surface area contributed by atoms with Gasteiger partial charge >= 0.3 is 0 Å². The lowest BCUT2D eigenvalue weighted by Crippen LogP contribution is -2.49. The number of nitrogens with one attached hydrogen (secondary N) is 1. The summed E-state index contributed by atoms with van der Waals surface area (Å²) in [5, 5.41) is 3.56. The third-order valence-electron chi connectivity index (χ3n) is 3.10. The lowest BCUT2D eigenvalue weighted by Gasteiger charge is -2.30. The lowest BCUT2D eigenvalue weighted by atomic mass is 9.90. The summed E-state index contributed by atoms with van der Waals surface area (Å²) >= 11 is 0. The van der Waals surface area contributed by atoms with Crippen molar-refractivity contribution in [2.45, 2.75) is 58.7 Å². The van der Waals surface area contributed by atoms with Gasteiger partial charge in [-0.25, -0.2) is 0 Å². The molecule has 3 heteroatoms. The molecule has 0 aromatic heterocycles. The van der Waals surface area contributed by atoms with Crippen LogP contribution in [-0.2, 0) is 0 Å². The predicted molar refractivity (Wildman–Crippen MR) is 63.2 cm³/mol. The molecule has 3 nitrogen and oxygen atoms in total. The van der Waals surface area contributed by atoms with Crippen molar-refractivity contribution in [3.63, 3.8) is 0 Å². The van der Waals surface area contributed by atoms with E-state index in [-0.39, 0.29) is 6.04 Å². The van der Waals surface area contributed by atoms with Crippen LogP contribution in [-0.4, -0.2) is 24.7 Å². The Morgan fingerprint density at radius 2 is 1.71 bits per heavy atom. The lowest BCUT2D eigenvalue weighted by molar-refractivity contribution is 0.290. The second-order valence-corrected chi connectivity index (χ2v) is 4.24. The van der Waals surface area contributed by atoms with Crippen LogP contribution in [0.5, 0.6) is 0 Å². The molecule has 4 unspecified atom stereocenters. The molecule has 0 fully saturated rings. The summed E-state index contributed by atoms with van der Waals surface area (Å²) < 4.78 is 0. The minimum absolute atomic E-state index is 0.117. The smallest absolute Gasteiger partial charge is 0.0206 e. The van der Waals surface area contributed by atoms with Gasteiger partial charge in [0.25, 0.3) is 0 Å². The number of hydrogen-bond donors (Lipinski definition) is 3. The van der Waals surface area contributed by atoms with Crippen molar-refractivity contribution < 1.29 is 0 Å². The molecule has 0 spiro atoms. The molecule has 0 saturated heterocycles. The first-order chi connectivity index (χ1) is 6.56. The van der Waals surface area contributed by atoms with Crippen molar-refractivity contribution in [3.8, 4) is 0 Å². The van der Waals surface area contributed by atoms with Crippen molar-refractivity contribution in [1.29, 1.82) is 0 Å². The molecule has 0 aliphatic heterocycles. The van der Waals surface area contributed by atoms with Crippen molar-refractivity contribution >= 4 is 0 Å². The quantitative estimate of drug-likeness (QED) is 0.577. The van der Waals surface area contributed by atoms with E-state index in [2.05, 4.69) is 33.0 Å². The second kappa shape index (κ2) is 7.21. The number of nitrogens with two attached hydrogens (primary N) is 2. The molecular weight excluding hydrogens is 174 g/mol. The zero-order valence-electron chi connectivity index (χ0n) is 10.1. The average Bonchev–Trinajstić information content (AvgIpc) is 2.18. The number of rotatable bonds is 7. The van der Waals surface area contributed by atoms with Gasteiger partial charge in [-0.2, -0.15) is 0 Å². The van der Waals surface area contributed by atoms with Crippen LogP contribution in [0.2, 0.25) is 0 Å². The summed E-state index contributed by atoms with van der Waals surface area (Å²) in [7, 11) is 0. The van der Waals surface area contributed by atoms with E-state index >= 15 is 0 Å². The molecule has 0 amide bonds. The van der Waals surface area contributed by atoms with E-state index < -0.39 is 0 Å². The monoisotopic (exact) mass is 201 g/mol. The van der Waals surface area contributed by atoms with Crippen LogP contribution in [0, 0.1) is 5.92 Å². The maximum atomic E-state index is 5.98. The second-order valence-electron chi connectivity index (χ2n) is 4.24. The highest BCUT2D eigenvalue weighted by atomic mass is 15.0. The third kappa shape index (κ3) is 4.40. The van der Waals surface area contributed by atoms with E-state index in [1.54, 1.807) is 0 Å². The maximum Gasteiger partial charge on any atom is 0.0206 e. The molecule has 0 aliphatic rings. The highest BCUT2D eigenvalue weighted by molar-refractivity contribution is 4.82. The minimum Gasteiger partial charge on any atom is -0.329 e. The van der Waals surface area contributed by atoms with E-state index in [1.165, 1.54) is 0 Å². The van der Waals surface area contributed by atoms with Gasteiger partial charge in [0.1, 0.15) is 0 Å². The van der Waals surface area contributed by atoms with E-state index in [9.17, 15) is 0 Å². The fraction of sp³-hybridized carbons (Fsp3) is 1.00. The van der Waals surface area contributed by atoms with Gasteiger partial charge in [0.05, 0.1) is 0 Å². The average molecular weight is 201 g/mol. The molecule has 0 saturated carbocycles. The summed E-state index contributed by atoms with van der Waals surface area (Å²) in [4.78, 5) is 0. The summed E-state index contributed by atoms with van der Waals surface area (Å²) in [5.74, 6) is 0.481. The largest absolute Gasteiger partial charge is 0.329 e. The van der Waals surface area contributed by atoms with Gasteiger partial charge in [-0.15, -0.1) is 0 Å². The molecule has 0 rings (SSSR count). The third-order valence-corrected chi connectivity index (χ3v) is 3.10. The molecule has 5 N–H and O–H groups in total. The molecule has 4 atom stereocenters. The molecule has 14 heavy (non-hydrogen) atoms. The normalized spacial score (nSPS) is 20.1. The van der Waals surface area contributed by atoms with Crippen LogP contribution in [0.15, 0.2) is 0 Å². The molecule has 86 valence electrons. The first-order valence-electron chi connectivity index (χ1n) is 5.78. The topological polar surface area (TPSA) is 64.1 Å². The molecular formula is C11H27N3. The van der Waals surface area contributed by atoms with E-state index in [4.69, 9.17) is 11.5 Å². The van der Waals surface area contributed by atoms with E-state index in [0.29, 0.717) is 24.5 Å². The minimum atomic E-state index is 0.117. The predicted octanol–water partition coefficient (Wildman–Crippen LogP) is 1.08. The van der Waals surface area contributed by atoms with Crippen molar-refractivity contribution in [3.05, 3.63) is 0 Å². The van der Waals surface area contributed by atoms with E-state index in [1.807, 2.05) is 0 Å². The molecule has 0 aromatic rings. The summed E-state index contributed by atoms with van der Waals surface area (Å²) in [6.07, 6.45) is 2.24. The van der Waals surface area contributed by atoms with Gasteiger partial charge < -0.3 is 16.8 Å². The Bertz CT molecular complexity index is 138. The molecule has 0 bridgehead atoms. The van der Waals surface area contributed by atoms with Crippen LogP contribution in [0.25, 0.3) is 0 Å². The highest BCUT2D eigenvalue weighted by Crippen LogP contribution is 2.12. The van der Waals surface area contributed by atoms with Crippen molar-refractivity contribution in [1.82, 2.24) is 5.32 Å². The van der Waals surface area contributed by atoms with Gasteiger partial charge in [-0.3, -0.25) is 0 Å². The first-order valence-corrected chi connectivity index (χ1v) is 5.78. The number of hydrogen-bond acceptors (Lipinski definition) is 3. The summed E-state index contributed by atoms with van der Waals surface area (Å²) in [5.41, 5.74) is 11.6. The zero-order chi connectivity index (χ0) is 11.1. The highest BCUT2D eigenvalue weighted by Gasteiger charge is 2.21. The van der Waals surface area contributed by atoms with Gasteiger partial charge in [-0.05, 0) is 26.2 Å². The zero-order valence-corrected chi connectivity index (χ0v) is 10.1. The first kappa shape index (κ1) is 13.9. The van der Waals surface area contributed by atoms with Gasteiger partial charge in [0.15, 0.2) is 0 Å². The Balaban J connectivity index is 4.09. The van der Waals surface area contributed by atoms with Crippen LogP contribution in [0.3, 0.4) is 0 Å². The van der Waals surface area contributed by atoms with Crippen molar-refractivity contribution in [2.24, 2.45) is 17.4 Å². The van der Waals surface area contributed by atoms with Gasteiger partial charge in [0.2, 0.25) is 0 Å².